The van der Waals surface area contributed by atoms with Gasteiger partial charge in [-0.1, -0.05) is 42.5 Å². The molecular formula is C29H27N3O3. The number of furan rings is 1. The van der Waals surface area contributed by atoms with Crippen LogP contribution in [0.4, 0.5) is 0 Å². The number of amides is 1. The number of nitrogens with zero attached hydrogens (tertiary/aromatic N) is 2. The molecule has 0 unspecified atom stereocenters. The number of hydrogen-bond acceptors (Lipinski definition) is 4. The predicted octanol–water partition coefficient (Wildman–Crippen LogP) is 6.07. The largest absolute Gasteiger partial charge is 0.496 e. The summed E-state index contributed by atoms with van der Waals surface area (Å²) in [7, 11) is 1.63. The number of methoxy groups -OCH3 is 1. The number of allylic oxidation sites excluding steroid dienone is 1. The maximum atomic E-state index is 12.6. The van der Waals surface area contributed by atoms with E-state index in [1.54, 1.807) is 32.0 Å². The van der Waals surface area contributed by atoms with Gasteiger partial charge in [-0.15, -0.1) is 0 Å². The molecule has 0 spiro atoms. The fourth-order valence-electron chi connectivity index (χ4n) is 4.42. The van der Waals surface area contributed by atoms with Crippen molar-refractivity contribution >= 4 is 33.2 Å². The summed E-state index contributed by atoms with van der Waals surface area (Å²) in [5, 5.41) is 6.28. The Bertz CT molecular complexity index is 1510. The summed E-state index contributed by atoms with van der Waals surface area (Å²) in [5.41, 5.74) is 4.54. The number of hydrogen-bond donors (Lipinski definition) is 1. The maximum Gasteiger partial charge on any atom is 0.244 e. The lowest BCUT2D eigenvalue weighted by molar-refractivity contribution is -0.116. The van der Waals surface area contributed by atoms with Crippen molar-refractivity contribution in [3.05, 3.63) is 91.2 Å². The lowest BCUT2D eigenvalue weighted by Crippen LogP contribution is -2.23. The highest BCUT2D eigenvalue weighted by molar-refractivity contribution is 6.06. The first-order chi connectivity index (χ1) is 17.1. The predicted molar refractivity (Wildman–Crippen MR) is 139 cm³/mol. The first-order valence-corrected chi connectivity index (χ1v) is 11.6. The third kappa shape index (κ3) is 4.68. The molecule has 2 aromatic heterocycles. The molecule has 0 aliphatic carbocycles. The Balaban J connectivity index is 1.42. The second kappa shape index (κ2) is 9.89. The van der Waals surface area contributed by atoms with Gasteiger partial charge in [-0.2, -0.15) is 0 Å². The Labute approximate surface area is 203 Å². The van der Waals surface area contributed by atoms with E-state index in [4.69, 9.17) is 9.15 Å². The first-order valence-electron chi connectivity index (χ1n) is 11.6. The summed E-state index contributed by atoms with van der Waals surface area (Å²) in [6, 6.07) is 18.5. The number of ether oxygens (including phenoxy) is 1. The number of imidazole rings is 1. The molecule has 0 saturated heterocycles. The smallest absolute Gasteiger partial charge is 0.244 e. The van der Waals surface area contributed by atoms with Gasteiger partial charge in [0.05, 0.1) is 19.7 Å². The van der Waals surface area contributed by atoms with E-state index in [9.17, 15) is 4.79 Å². The molecule has 0 radical (unpaired) electrons. The molecular weight excluding hydrogens is 438 g/mol. The standard InChI is InChI=1S/C29H27N3O3/c1-20(15-29(33)31-11-6-13-32-14-12-30-19-32)24-16-25-26(18-35-28(25)17-27(24)34-2)23-10-5-8-21-7-3-4-9-22(21)23/h3-5,7-10,12,14-19H,6,11,13H2,1-2H3,(H,31,33)/b20-15+. The van der Waals surface area contributed by atoms with E-state index >= 15 is 0 Å². The molecule has 2 heterocycles. The fraction of sp³-hybridized carbons (Fsp3) is 0.172. The molecule has 1 amide bonds. The molecule has 0 bridgehead atoms. The lowest BCUT2D eigenvalue weighted by atomic mass is 9.96. The molecule has 3 aromatic carbocycles. The van der Waals surface area contributed by atoms with Gasteiger partial charge in [0.15, 0.2) is 0 Å². The summed E-state index contributed by atoms with van der Waals surface area (Å²) >= 11 is 0. The summed E-state index contributed by atoms with van der Waals surface area (Å²) < 4.78 is 13.6. The highest BCUT2D eigenvalue weighted by Gasteiger charge is 2.16. The van der Waals surface area contributed by atoms with Crippen LogP contribution >= 0.6 is 0 Å². The Hall–Kier alpha value is -4.32. The summed E-state index contributed by atoms with van der Waals surface area (Å²) in [6.07, 6.45) is 9.68. The van der Waals surface area contributed by atoms with Crippen LogP contribution in [0, 0.1) is 0 Å². The number of benzene rings is 3. The molecule has 0 aliphatic rings. The highest BCUT2D eigenvalue weighted by Crippen LogP contribution is 2.39. The molecule has 0 atom stereocenters. The summed E-state index contributed by atoms with van der Waals surface area (Å²) in [5.74, 6) is 0.537. The van der Waals surface area contributed by atoms with Crippen molar-refractivity contribution in [3.8, 4) is 16.9 Å². The zero-order chi connectivity index (χ0) is 24.2. The van der Waals surface area contributed by atoms with E-state index < -0.39 is 0 Å². The second-order valence-electron chi connectivity index (χ2n) is 8.50. The Morgan fingerprint density at radius 3 is 2.80 bits per heavy atom. The Morgan fingerprint density at radius 2 is 1.97 bits per heavy atom. The first kappa shape index (κ1) is 22.5. The lowest BCUT2D eigenvalue weighted by Gasteiger charge is -2.11. The molecule has 0 aliphatic heterocycles. The monoisotopic (exact) mass is 465 g/mol. The third-order valence-corrected chi connectivity index (χ3v) is 6.20. The number of carbonyl (C=O) groups excluding carboxylic acids is 1. The van der Waals surface area contributed by atoms with Crippen molar-refractivity contribution in [3.63, 3.8) is 0 Å². The molecule has 0 saturated carbocycles. The number of aromatic nitrogens is 2. The van der Waals surface area contributed by atoms with E-state index in [1.807, 2.05) is 42.0 Å². The number of rotatable bonds is 8. The average Bonchev–Trinajstić information content (AvgIpc) is 3.55. The van der Waals surface area contributed by atoms with Gasteiger partial charge in [-0.3, -0.25) is 4.79 Å². The van der Waals surface area contributed by atoms with Gasteiger partial charge < -0.3 is 19.0 Å². The van der Waals surface area contributed by atoms with E-state index in [2.05, 4.69) is 40.6 Å². The van der Waals surface area contributed by atoms with Crippen LogP contribution in [0.5, 0.6) is 5.75 Å². The van der Waals surface area contributed by atoms with Crippen molar-refractivity contribution in [2.24, 2.45) is 0 Å². The molecule has 35 heavy (non-hydrogen) atoms. The van der Waals surface area contributed by atoms with E-state index in [0.29, 0.717) is 12.3 Å². The van der Waals surface area contributed by atoms with Gasteiger partial charge in [0.1, 0.15) is 11.3 Å². The number of nitrogens with one attached hydrogen (secondary N) is 1. The van der Waals surface area contributed by atoms with Crippen LogP contribution in [0.1, 0.15) is 18.9 Å². The van der Waals surface area contributed by atoms with Gasteiger partial charge in [-0.05, 0) is 41.3 Å². The zero-order valence-corrected chi connectivity index (χ0v) is 19.8. The number of fused-ring (bicyclic) bond motifs is 2. The van der Waals surface area contributed by atoms with Crippen LogP contribution < -0.4 is 10.1 Å². The minimum Gasteiger partial charge on any atom is -0.496 e. The molecule has 176 valence electrons. The van der Waals surface area contributed by atoms with Crippen molar-refractivity contribution in [1.29, 1.82) is 0 Å². The maximum absolute atomic E-state index is 12.6. The highest BCUT2D eigenvalue weighted by atomic mass is 16.5. The van der Waals surface area contributed by atoms with Crippen LogP contribution in [-0.4, -0.2) is 29.1 Å². The minimum absolute atomic E-state index is 0.128. The van der Waals surface area contributed by atoms with Crippen LogP contribution in [0.25, 0.3) is 38.4 Å². The fourth-order valence-corrected chi connectivity index (χ4v) is 4.42. The van der Waals surface area contributed by atoms with E-state index in [1.165, 1.54) is 5.39 Å². The summed E-state index contributed by atoms with van der Waals surface area (Å²) in [4.78, 5) is 16.6. The van der Waals surface area contributed by atoms with Crippen molar-refractivity contribution in [2.45, 2.75) is 19.9 Å². The minimum atomic E-state index is -0.128. The molecule has 6 nitrogen and oxygen atoms in total. The number of aryl methyl sites for hydroxylation is 1. The van der Waals surface area contributed by atoms with Crippen molar-refractivity contribution < 1.29 is 13.9 Å². The van der Waals surface area contributed by atoms with Crippen LogP contribution in [0.2, 0.25) is 0 Å². The molecule has 0 fully saturated rings. The normalized spacial score (nSPS) is 11.8. The van der Waals surface area contributed by atoms with Gasteiger partial charge >= 0.3 is 0 Å². The third-order valence-electron chi connectivity index (χ3n) is 6.20. The average molecular weight is 466 g/mol. The van der Waals surface area contributed by atoms with Crippen LogP contribution in [0.3, 0.4) is 0 Å². The quantitative estimate of drug-likeness (QED) is 0.223. The Morgan fingerprint density at radius 1 is 1.11 bits per heavy atom. The van der Waals surface area contributed by atoms with E-state index in [-0.39, 0.29) is 5.91 Å². The van der Waals surface area contributed by atoms with Crippen molar-refractivity contribution in [1.82, 2.24) is 14.9 Å². The number of carbonyl (C=O) groups is 1. The zero-order valence-electron chi connectivity index (χ0n) is 19.8. The van der Waals surface area contributed by atoms with Crippen molar-refractivity contribution in [2.75, 3.05) is 13.7 Å². The van der Waals surface area contributed by atoms with Gasteiger partial charge in [0.25, 0.3) is 0 Å². The molecule has 5 rings (SSSR count). The molecule has 6 heteroatoms. The Kier molecular flexibility index (Phi) is 6.35. The molecule has 5 aromatic rings. The topological polar surface area (TPSA) is 69.3 Å². The van der Waals surface area contributed by atoms with Crippen LogP contribution in [-0.2, 0) is 11.3 Å². The van der Waals surface area contributed by atoms with Gasteiger partial charge in [0.2, 0.25) is 5.91 Å². The molecule has 1 N–H and O–H groups in total. The summed E-state index contributed by atoms with van der Waals surface area (Å²) in [6.45, 7) is 3.32. The van der Waals surface area contributed by atoms with E-state index in [0.717, 1.165) is 51.6 Å². The van der Waals surface area contributed by atoms with Gasteiger partial charge in [0, 0.05) is 54.1 Å². The second-order valence-corrected chi connectivity index (χ2v) is 8.50. The van der Waals surface area contributed by atoms with Crippen LogP contribution in [0.15, 0.2) is 90.1 Å². The SMILES string of the molecule is COc1cc2occ(-c3cccc4ccccc34)c2cc1/C(C)=C/C(=O)NCCCn1ccnc1. The van der Waals surface area contributed by atoms with Gasteiger partial charge in [-0.25, -0.2) is 4.98 Å².